The Kier molecular flexibility index (Phi) is 6.04. The van der Waals surface area contributed by atoms with E-state index in [2.05, 4.69) is 10.4 Å². The third-order valence-corrected chi connectivity index (χ3v) is 6.71. The van der Waals surface area contributed by atoms with Crippen LogP contribution in [0.2, 0.25) is 0 Å². The van der Waals surface area contributed by atoms with Gasteiger partial charge in [0.25, 0.3) is 5.56 Å². The van der Waals surface area contributed by atoms with Crippen LogP contribution < -0.4 is 10.9 Å². The van der Waals surface area contributed by atoms with Crippen LogP contribution in [0.15, 0.2) is 58.2 Å². The van der Waals surface area contributed by atoms with Gasteiger partial charge in [0, 0.05) is 19.5 Å². The highest BCUT2D eigenvalue weighted by atomic mass is 32.2. The summed E-state index contributed by atoms with van der Waals surface area (Å²) < 4.78 is 26.6. The van der Waals surface area contributed by atoms with Gasteiger partial charge in [0.15, 0.2) is 0 Å². The molecular formula is C21H24N4O4S. The van der Waals surface area contributed by atoms with Crippen molar-refractivity contribution in [3.05, 3.63) is 70.1 Å². The van der Waals surface area contributed by atoms with E-state index in [1.165, 1.54) is 26.2 Å². The summed E-state index contributed by atoms with van der Waals surface area (Å²) in [5.74, 6) is -0.364. The third-order valence-electron chi connectivity index (χ3n) is 4.88. The van der Waals surface area contributed by atoms with Crippen molar-refractivity contribution in [1.82, 2.24) is 19.4 Å². The Morgan fingerprint density at radius 1 is 1.10 bits per heavy atom. The first kappa shape index (κ1) is 21.7. The Labute approximate surface area is 175 Å². The summed E-state index contributed by atoms with van der Waals surface area (Å²) >= 11 is 0. The number of hydrogen-bond acceptors (Lipinski definition) is 5. The van der Waals surface area contributed by atoms with E-state index in [1.54, 1.807) is 38.1 Å². The Hall–Kier alpha value is -3.04. The van der Waals surface area contributed by atoms with Gasteiger partial charge in [0.2, 0.25) is 15.9 Å². The minimum absolute atomic E-state index is 0.178. The molecule has 1 aromatic heterocycles. The number of sulfonamides is 1. The molecule has 1 heterocycles. The number of carbonyl (C=O) groups is 1. The average Bonchev–Trinajstić information content (AvgIpc) is 2.71. The zero-order valence-corrected chi connectivity index (χ0v) is 18.1. The third kappa shape index (κ3) is 4.27. The summed E-state index contributed by atoms with van der Waals surface area (Å²) in [4.78, 5) is 25.3. The fourth-order valence-electron chi connectivity index (χ4n) is 3.16. The lowest BCUT2D eigenvalue weighted by molar-refractivity contribution is -0.122. The molecule has 8 nitrogen and oxygen atoms in total. The van der Waals surface area contributed by atoms with E-state index in [0.717, 1.165) is 19.9 Å². The molecule has 0 radical (unpaired) electrons. The number of aryl methyl sites for hydroxylation is 1. The smallest absolute Gasteiger partial charge is 0.275 e. The van der Waals surface area contributed by atoms with Gasteiger partial charge in [-0.05, 0) is 37.6 Å². The van der Waals surface area contributed by atoms with Gasteiger partial charge < -0.3 is 5.32 Å². The second-order valence-electron chi connectivity index (χ2n) is 7.24. The number of rotatable bonds is 6. The lowest BCUT2D eigenvalue weighted by Gasteiger charge is -2.16. The first-order valence-electron chi connectivity index (χ1n) is 9.39. The number of aromatic nitrogens is 2. The molecule has 1 unspecified atom stereocenters. The van der Waals surface area contributed by atoms with Crippen molar-refractivity contribution in [2.24, 2.45) is 0 Å². The maximum Gasteiger partial charge on any atom is 0.275 e. The van der Waals surface area contributed by atoms with Gasteiger partial charge in [-0.3, -0.25) is 9.59 Å². The molecule has 1 amide bonds. The second-order valence-corrected chi connectivity index (χ2v) is 9.39. The van der Waals surface area contributed by atoms with Crippen LogP contribution in [-0.2, 0) is 21.4 Å². The molecule has 158 valence electrons. The molecule has 0 spiro atoms. The lowest BCUT2D eigenvalue weighted by Crippen LogP contribution is -2.35. The van der Waals surface area contributed by atoms with Crippen molar-refractivity contribution in [3.8, 4) is 0 Å². The van der Waals surface area contributed by atoms with Gasteiger partial charge in [-0.2, -0.15) is 5.10 Å². The Balaban J connectivity index is 1.75. The zero-order chi connectivity index (χ0) is 22.1. The Morgan fingerprint density at radius 2 is 1.70 bits per heavy atom. The number of benzene rings is 2. The number of nitrogens with one attached hydrogen (secondary N) is 1. The van der Waals surface area contributed by atoms with Crippen LogP contribution in [0.25, 0.3) is 10.8 Å². The number of nitrogens with zero attached hydrogens (tertiary/aromatic N) is 3. The maximum atomic E-state index is 12.6. The molecular weight excluding hydrogens is 404 g/mol. The van der Waals surface area contributed by atoms with Gasteiger partial charge in [0.1, 0.15) is 6.54 Å². The van der Waals surface area contributed by atoms with E-state index >= 15 is 0 Å². The summed E-state index contributed by atoms with van der Waals surface area (Å²) in [6.45, 7) is 3.37. The van der Waals surface area contributed by atoms with E-state index in [0.29, 0.717) is 11.1 Å². The maximum absolute atomic E-state index is 12.6. The molecule has 1 atom stereocenters. The Bertz CT molecular complexity index is 1250. The van der Waals surface area contributed by atoms with Gasteiger partial charge >= 0.3 is 0 Å². The molecule has 1 N–H and O–H groups in total. The minimum Gasteiger partial charge on any atom is -0.348 e. The van der Waals surface area contributed by atoms with Crippen molar-refractivity contribution in [2.45, 2.75) is 31.3 Å². The Morgan fingerprint density at radius 3 is 2.30 bits per heavy atom. The van der Waals surface area contributed by atoms with Crippen LogP contribution in [0.5, 0.6) is 0 Å². The topological polar surface area (TPSA) is 101 Å². The van der Waals surface area contributed by atoms with Crippen LogP contribution in [0.4, 0.5) is 0 Å². The first-order chi connectivity index (χ1) is 14.1. The summed E-state index contributed by atoms with van der Waals surface area (Å²) in [6, 6.07) is 13.1. The van der Waals surface area contributed by atoms with Crippen molar-refractivity contribution >= 4 is 26.7 Å². The largest absolute Gasteiger partial charge is 0.348 e. The lowest BCUT2D eigenvalue weighted by atomic mass is 10.1. The highest BCUT2D eigenvalue weighted by Gasteiger charge is 2.18. The van der Waals surface area contributed by atoms with Crippen LogP contribution in [0.1, 0.15) is 24.2 Å². The fourth-order valence-corrected chi connectivity index (χ4v) is 4.06. The zero-order valence-electron chi connectivity index (χ0n) is 17.3. The van der Waals surface area contributed by atoms with E-state index in [1.807, 2.05) is 12.1 Å². The molecule has 0 saturated carbocycles. The molecule has 0 saturated heterocycles. The normalized spacial score (nSPS) is 12.8. The first-order valence-corrected chi connectivity index (χ1v) is 10.8. The standard InChI is InChI=1S/C21H24N4O4S/c1-14(16-9-11-17(12-10-16)30(28,29)24(3)4)22-20(26)13-25-21(27)19-8-6-5-7-18(19)15(2)23-25/h5-12,14H,13H2,1-4H3,(H,22,26). The quantitative estimate of drug-likeness (QED) is 0.646. The molecule has 2 aromatic carbocycles. The predicted molar refractivity (Wildman–Crippen MR) is 115 cm³/mol. The average molecular weight is 429 g/mol. The van der Waals surface area contributed by atoms with E-state index < -0.39 is 10.0 Å². The van der Waals surface area contributed by atoms with Crippen LogP contribution in [0, 0.1) is 6.92 Å². The summed E-state index contributed by atoms with van der Waals surface area (Å²) in [7, 11) is -0.573. The monoisotopic (exact) mass is 428 g/mol. The van der Waals surface area contributed by atoms with Gasteiger partial charge in [0.05, 0.1) is 22.0 Å². The predicted octanol–water partition coefficient (Wildman–Crippen LogP) is 1.83. The summed E-state index contributed by atoms with van der Waals surface area (Å²) in [6.07, 6.45) is 0. The number of hydrogen-bond donors (Lipinski definition) is 1. The molecule has 3 rings (SSSR count). The molecule has 9 heteroatoms. The molecule has 0 aliphatic heterocycles. The van der Waals surface area contributed by atoms with Gasteiger partial charge in [-0.15, -0.1) is 0 Å². The van der Waals surface area contributed by atoms with Crippen LogP contribution in [0.3, 0.4) is 0 Å². The number of carbonyl (C=O) groups excluding carboxylic acids is 1. The number of fused-ring (bicyclic) bond motifs is 1. The molecule has 0 bridgehead atoms. The summed E-state index contributed by atoms with van der Waals surface area (Å²) in [5.41, 5.74) is 1.09. The van der Waals surface area contributed by atoms with Gasteiger partial charge in [-0.25, -0.2) is 17.4 Å². The molecule has 30 heavy (non-hydrogen) atoms. The minimum atomic E-state index is -3.51. The van der Waals surface area contributed by atoms with Crippen molar-refractivity contribution in [3.63, 3.8) is 0 Å². The van der Waals surface area contributed by atoms with Crippen molar-refractivity contribution in [2.75, 3.05) is 14.1 Å². The van der Waals surface area contributed by atoms with E-state index in [4.69, 9.17) is 0 Å². The van der Waals surface area contributed by atoms with Crippen LogP contribution >= 0.6 is 0 Å². The highest BCUT2D eigenvalue weighted by Crippen LogP contribution is 2.18. The molecule has 3 aromatic rings. The van der Waals surface area contributed by atoms with E-state index in [-0.39, 0.29) is 28.9 Å². The van der Waals surface area contributed by atoms with Gasteiger partial charge in [-0.1, -0.05) is 30.3 Å². The second kappa shape index (κ2) is 8.37. The highest BCUT2D eigenvalue weighted by molar-refractivity contribution is 7.89. The fraction of sp³-hybridized carbons (Fsp3) is 0.286. The summed E-state index contributed by atoms with van der Waals surface area (Å²) in [5, 5.41) is 8.35. The van der Waals surface area contributed by atoms with E-state index in [9.17, 15) is 18.0 Å². The SMILES string of the molecule is Cc1nn(CC(=O)NC(C)c2ccc(S(=O)(=O)N(C)C)cc2)c(=O)c2ccccc12. The molecule has 0 aliphatic carbocycles. The molecule has 0 aliphatic rings. The van der Waals surface area contributed by atoms with Crippen molar-refractivity contribution < 1.29 is 13.2 Å². The number of amides is 1. The van der Waals surface area contributed by atoms with Crippen molar-refractivity contribution in [1.29, 1.82) is 0 Å². The van der Waals surface area contributed by atoms with Crippen LogP contribution in [-0.4, -0.2) is 42.5 Å². The molecule has 0 fully saturated rings.